The van der Waals surface area contributed by atoms with E-state index in [0.29, 0.717) is 12.0 Å². The first-order valence-corrected chi connectivity index (χ1v) is 12.0. The van der Waals surface area contributed by atoms with Crippen molar-refractivity contribution >= 4 is 23.0 Å². The minimum atomic E-state index is -4.40. The first-order chi connectivity index (χ1) is 16.2. The highest BCUT2D eigenvalue weighted by Gasteiger charge is 2.29. The Labute approximate surface area is 199 Å². The molecule has 34 heavy (non-hydrogen) atoms. The van der Waals surface area contributed by atoms with Crippen LogP contribution in [0.5, 0.6) is 0 Å². The molecule has 1 amide bonds. The van der Waals surface area contributed by atoms with E-state index in [9.17, 15) is 22.4 Å². The molecule has 4 N–H and O–H groups in total. The molecule has 0 heterocycles. The zero-order valence-electron chi connectivity index (χ0n) is 19.7. The van der Waals surface area contributed by atoms with Crippen molar-refractivity contribution in [2.45, 2.75) is 83.9 Å². The highest BCUT2D eigenvalue weighted by atomic mass is 19.4. The van der Waals surface area contributed by atoms with E-state index >= 15 is 0 Å². The van der Waals surface area contributed by atoms with Crippen LogP contribution in [0.4, 0.5) is 34.6 Å². The van der Waals surface area contributed by atoms with Crippen LogP contribution in [0, 0.1) is 5.82 Å². The molecule has 188 valence electrons. The lowest BCUT2D eigenvalue weighted by molar-refractivity contribution is -0.137. The first kappa shape index (κ1) is 27.5. The van der Waals surface area contributed by atoms with Gasteiger partial charge in [-0.2, -0.15) is 13.2 Å². The van der Waals surface area contributed by atoms with Gasteiger partial charge in [-0.05, 0) is 36.2 Å². The van der Waals surface area contributed by atoms with E-state index in [-0.39, 0.29) is 29.5 Å². The van der Waals surface area contributed by atoms with Gasteiger partial charge in [0.25, 0.3) is 0 Å². The summed E-state index contributed by atoms with van der Waals surface area (Å²) in [7, 11) is 0. The number of halogens is 4. The number of carbonyl (C=O) groups excluding carboxylic acids is 1. The van der Waals surface area contributed by atoms with Gasteiger partial charge in [-0.3, -0.25) is 4.79 Å². The van der Waals surface area contributed by atoms with E-state index in [1.54, 1.807) is 0 Å². The second kappa shape index (κ2) is 13.8. The summed E-state index contributed by atoms with van der Waals surface area (Å²) < 4.78 is 52.6. The molecule has 0 aliphatic carbocycles. The fourth-order valence-corrected chi connectivity index (χ4v) is 3.66. The lowest BCUT2D eigenvalue weighted by Gasteiger charge is -2.14. The summed E-state index contributed by atoms with van der Waals surface area (Å²) in [6, 6.07) is 7.59. The van der Waals surface area contributed by atoms with Crippen molar-refractivity contribution < 1.29 is 22.4 Å². The van der Waals surface area contributed by atoms with Gasteiger partial charge in [0, 0.05) is 13.0 Å². The third kappa shape index (κ3) is 9.23. The number of amides is 1. The van der Waals surface area contributed by atoms with Gasteiger partial charge in [0.1, 0.15) is 0 Å². The molecule has 0 saturated carbocycles. The van der Waals surface area contributed by atoms with Crippen molar-refractivity contribution in [3.05, 3.63) is 53.3 Å². The SMILES string of the molecule is CCCCCCCCCCCC(=O)Nc1ccc(NCc2ccc(C(F)(F)F)cc2)c(F)c1N. The minimum Gasteiger partial charge on any atom is -0.395 e. The second-order valence-corrected chi connectivity index (χ2v) is 8.56. The highest BCUT2D eigenvalue weighted by Crippen LogP contribution is 2.30. The maximum Gasteiger partial charge on any atom is 0.416 e. The van der Waals surface area contributed by atoms with Gasteiger partial charge in [-0.25, -0.2) is 4.39 Å². The van der Waals surface area contributed by atoms with Crippen LogP contribution in [0.25, 0.3) is 0 Å². The number of hydrogen-bond donors (Lipinski definition) is 3. The van der Waals surface area contributed by atoms with E-state index in [2.05, 4.69) is 17.6 Å². The summed E-state index contributed by atoms with van der Waals surface area (Å²) in [5.41, 5.74) is 5.81. The maximum atomic E-state index is 14.7. The summed E-state index contributed by atoms with van der Waals surface area (Å²) in [4.78, 5) is 12.2. The Bertz CT molecular complexity index is 898. The van der Waals surface area contributed by atoms with E-state index < -0.39 is 17.6 Å². The zero-order valence-corrected chi connectivity index (χ0v) is 19.7. The lowest BCUT2D eigenvalue weighted by Crippen LogP contribution is -2.14. The summed E-state index contributed by atoms with van der Waals surface area (Å²) in [5, 5.41) is 5.49. The number of alkyl halides is 3. The number of unbranched alkanes of at least 4 members (excludes halogenated alkanes) is 8. The van der Waals surface area contributed by atoms with Gasteiger partial charge in [-0.1, -0.05) is 70.4 Å². The Morgan fingerprint density at radius 2 is 1.41 bits per heavy atom. The smallest absolute Gasteiger partial charge is 0.395 e. The van der Waals surface area contributed by atoms with Crippen LogP contribution in [-0.2, 0) is 17.5 Å². The normalized spacial score (nSPS) is 11.4. The number of carbonyl (C=O) groups is 1. The fraction of sp³-hybridized carbons (Fsp3) is 0.500. The molecule has 2 rings (SSSR count). The molecule has 0 aliphatic heterocycles. The van der Waals surface area contributed by atoms with Crippen LogP contribution < -0.4 is 16.4 Å². The second-order valence-electron chi connectivity index (χ2n) is 8.56. The van der Waals surface area contributed by atoms with E-state index in [0.717, 1.165) is 31.4 Å². The molecule has 2 aromatic carbocycles. The third-order valence-corrected chi connectivity index (χ3v) is 5.73. The third-order valence-electron chi connectivity index (χ3n) is 5.73. The molecule has 2 aromatic rings. The topological polar surface area (TPSA) is 67.2 Å². The van der Waals surface area contributed by atoms with Crippen LogP contribution in [0.1, 0.15) is 82.3 Å². The number of anilines is 3. The fourth-order valence-electron chi connectivity index (χ4n) is 3.66. The average Bonchev–Trinajstić information content (AvgIpc) is 2.80. The number of nitrogens with one attached hydrogen (secondary N) is 2. The van der Waals surface area contributed by atoms with Crippen molar-refractivity contribution in [1.29, 1.82) is 0 Å². The van der Waals surface area contributed by atoms with E-state index in [4.69, 9.17) is 5.73 Å². The minimum absolute atomic E-state index is 0.106. The van der Waals surface area contributed by atoms with Gasteiger partial charge in [0.2, 0.25) is 5.91 Å². The number of nitrogens with two attached hydrogens (primary N) is 1. The lowest BCUT2D eigenvalue weighted by atomic mass is 10.1. The van der Waals surface area contributed by atoms with E-state index in [1.165, 1.54) is 62.8 Å². The van der Waals surface area contributed by atoms with Crippen molar-refractivity contribution in [1.82, 2.24) is 0 Å². The zero-order chi connectivity index (χ0) is 25.0. The summed E-state index contributed by atoms with van der Waals surface area (Å²) in [6.45, 7) is 2.32. The summed E-state index contributed by atoms with van der Waals surface area (Å²) in [5.74, 6) is -0.924. The highest BCUT2D eigenvalue weighted by molar-refractivity contribution is 5.94. The molecule has 0 aromatic heterocycles. The average molecular weight is 482 g/mol. The molecule has 0 spiro atoms. The van der Waals surface area contributed by atoms with E-state index in [1.807, 2.05) is 0 Å². The summed E-state index contributed by atoms with van der Waals surface area (Å²) >= 11 is 0. The molecule has 0 aliphatic rings. The molecule has 0 unspecified atom stereocenters. The van der Waals surface area contributed by atoms with Gasteiger partial charge in [0.15, 0.2) is 5.82 Å². The monoisotopic (exact) mass is 481 g/mol. The van der Waals surface area contributed by atoms with Gasteiger partial charge in [-0.15, -0.1) is 0 Å². The molecule has 0 radical (unpaired) electrons. The van der Waals surface area contributed by atoms with Crippen LogP contribution in [0.3, 0.4) is 0 Å². The van der Waals surface area contributed by atoms with Gasteiger partial charge < -0.3 is 16.4 Å². The molecule has 0 atom stereocenters. The Kier molecular flexibility index (Phi) is 11.2. The number of benzene rings is 2. The van der Waals surface area contributed by atoms with Gasteiger partial charge in [0.05, 0.1) is 22.6 Å². The predicted molar refractivity (Wildman–Crippen MR) is 130 cm³/mol. The van der Waals surface area contributed by atoms with Crippen molar-refractivity contribution in [3.8, 4) is 0 Å². The molecule has 4 nitrogen and oxygen atoms in total. The first-order valence-electron chi connectivity index (χ1n) is 12.0. The van der Waals surface area contributed by atoms with Crippen LogP contribution >= 0.6 is 0 Å². The number of rotatable bonds is 14. The van der Waals surface area contributed by atoms with Gasteiger partial charge >= 0.3 is 6.18 Å². The Morgan fingerprint density at radius 1 is 0.853 bits per heavy atom. The standard InChI is InChI=1S/C26H35F4N3O/c1-2-3-4-5-6-7-8-9-10-11-23(34)33-22-17-16-21(24(27)25(22)31)32-18-19-12-14-20(15-13-19)26(28,29)30/h12-17,32H,2-11,18,31H2,1H3,(H,33,34). The molecule has 0 bridgehead atoms. The van der Waals surface area contributed by atoms with Crippen molar-refractivity contribution in [2.24, 2.45) is 0 Å². The number of hydrogen-bond acceptors (Lipinski definition) is 3. The predicted octanol–water partition coefficient (Wildman–Crippen LogP) is 7.90. The van der Waals surface area contributed by atoms with Crippen molar-refractivity contribution in [2.75, 3.05) is 16.4 Å². The summed E-state index contributed by atoms with van der Waals surface area (Å²) in [6.07, 6.45) is 6.33. The Morgan fingerprint density at radius 3 is 2.00 bits per heavy atom. The molecule has 8 heteroatoms. The maximum absolute atomic E-state index is 14.7. The van der Waals surface area contributed by atoms with Crippen LogP contribution in [-0.4, -0.2) is 5.91 Å². The largest absolute Gasteiger partial charge is 0.416 e. The molecule has 0 saturated heterocycles. The molecule has 0 fully saturated rings. The quantitative estimate of drug-likeness (QED) is 0.146. The van der Waals surface area contributed by atoms with Crippen LogP contribution in [0.15, 0.2) is 36.4 Å². The number of nitrogen functional groups attached to an aromatic ring is 1. The van der Waals surface area contributed by atoms with Crippen LogP contribution in [0.2, 0.25) is 0 Å². The molecular weight excluding hydrogens is 446 g/mol. The van der Waals surface area contributed by atoms with Crippen molar-refractivity contribution in [3.63, 3.8) is 0 Å². The Balaban J connectivity index is 1.76. The Hall–Kier alpha value is -2.77. The molecular formula is C26H35F4N3O.